The Labute approximate surface area is 189 Å². The van der Waals surface area contributed by atoms with Gasteiger partial charge in [0.1, 0.15) is 5.69 Å². The molecule has 1 N–H and O–H groups in total. The van der Waals surface area contributed by atoms with E-state index in [0.717, 1.165) is 37.4 Å². The van der Waals surface area contributed by atoms with E-state index in [9.17, 15) is 4.79 Å². The average Bonchev–Trinajstić information content (AvgIpc) is 3.57. The Hall–Kier alpha value is -3.36. The number of nitrogens with zero attached hydrogens (tertiary/aromatic N) is 5. The van der Waals surface area contributed by atoms with Crippen LogP contribution in [0.15, 0.2) is 53.6 Å². The summed E-state index contributed by atoms with van der Waals surface area (Å²) < 4.78 is 0. The fourth-order valence-electron chi connectivity index (χ4n) is 4.64. The first-order chi connectivity index (χ1) is 15.8. The first-order valence-electron chi connectivity index (χ1n) is 10.8. The second kappa shape index (κ2) is 7.96. The molecule has 0 unspecified atom stereocenters. The third-order valence-corrected chi connectivity index (χ3v) is 7.00. The Kier molecular flexibility index (Phi) is 4.81. The Morgan fingerprint density at radius 3 is 2.81 bits per heavy atom. The number of hydrogen-bond acceptors (Lipinski definition) is 6. The van der Waals surface area contributed by atoms with Crippen molar-refractivity contribution in [3.63, 3.8) is 0 Å². The van der Waals surface area contributed by atoms with Gasteiger partial charge in [0.05, 0.1) is 17.6 Å². The fourth-order valence-corrected chi connectivity index (χ4v) is 5.28. The highest BCUT2D eigenvalue weighted by Crippen LogP contribution is 2.40. The van der Waals surface area contributed by atoms with Crippen LogP contribution in [0.25, 0.3) is 22.5 Å². The molecule has 32 heavy (non-hydrogen) atoms. The summed E-state index contributed by atoms with van der Waals surface area (Å²) >= 11 is 1.70. The summed E-state index contributed by atoms with van der Waals surface area (Å²) in [6.45, 7) is 3.98. The summed E-state index contributed by atoms with van der Waals surface area (Å²) in [6.07, 6.45) is 5.61. The number of carbonyl (C=O) groups excluding carboxylic acids is 1. The molecular weight excluding hydrogens is 420 g/mol. The van der Waals surface area contributed by atoms with Crippen LogP contribution in [0.2, 0.25) is 0 Å². The van der Waals surface area contributed by atoms with Crippen LogP contribution < -0.4 is 0 Å². The van der Waals surface area contributed by atoms with E-state index in [4.69, 9.17) is 0 Å². The zero-order valence-corrected chi connectivity index (χ0v) is 18.3. The first kappa shape index (κ1) is 19.3. The predicted molar refractivity (Wildman–Crippen MR) is 123 cm³/mol. The summed E-state index contributed by atoms with van der Waals surface area (Å²) in [4.78, 5) is 25.0. The lowest BCUT2D eigenvalue weighted by Crippen LogP contribution is -2.48. The van der Waals surface area contributed by atoms with Crippen LogP contribution in [-0.4, -0.2) is 62.1 Å². The molecule has 1 aromatic carbocycles. The van der Waals surface area contributed by atoms with Gasteiger partial charge in [0.15, 0.2) is 0 Å². The maximum absolute atomic E-state index is 12.6. The molecule has 160 valence electrons. The predicted octanol–water partition coefficient (Wildman–Crippen LogP) is 3.46. The molecule has 2 aliphatic rings. The molecule has 1 aliphatic carbocycles. The number of aromatic amines is 1. The highest BCUT2D eigenvalue weighted by molar-refractivity contribution is 7.08. The molecule has 0 radical (unpaired) electrons. The van der Waals surface area contributed by atoms with E-state index in [1.54, 1.807) is 23.7 Å². The summed E-state index contributed by atoms with van der Waals surface area (Å²) in [5, 5.41) is 12.1. The largest absolute Gasteiger partial charge is 0.335 e. The van der Waals surface area contributed by atoms with Gasteiger partial charge < -0.3 is 4.90 Å². The van der Waals surface area contributed by atoms with Gasteiger partial charge in [0.25, 0.3) is 5.91 Å². The maximum atomic E-state index is 12.6. The van der Waals surface area contributed by atoms with Gasteiger partial charge in [-0.2, -0.15) is 16.4 Å². The number of rotatable bonds is 4. The summed E-state index contributed by atoms with van der Waals surface area (Å²) in [5.74, 6) is -0.0384. The van der Waals surface area contributed by atoms with Gasteiger partial charge in [-0.25, -0.2) is 4.98 Å². The van der Waals surface area contributed by atoms with Crippen molar-refractivity contribution in [1.29, 1.82) is 0 Å². The minimum Gasteiger partial charge on any atom is -0.335 e. The van der Waals surface area contributed by atoms with Gasteiger partial charge in [-0.05, 0) is 28.6 Å². The second-order valence-electron chi connectivity index (χ2n) is 8.27. The number of amides is 1. The van der Waals surface area contributed by atoms with Crippen molar-refractivity contribution in [3.8, 4) is 22.5 Å². The van der Waals surface area contributed by atoms with Crippen LogP contribution in [0.1, 0.15) is 27.2 Å². The second-order valence-corrected chi connectivity index (χ2v) is 9.05. The molecule has 1 saturated heterocycles. The normalized spacial score (nSPS) is 15.6. The molecule has 8 heteroatoms. The van der Waals surface area contributed by atoms with Crippen molar-refractivity contribution in [3.05, 3.63) is 76.0 Å². The summed E-state index contributed by atoms with van der Waals surface area (Å²) in [5.41, 5.74) is 9.04. The number of benzene rings is 1. The number of piperazine rings is 1. The van der Waals surface area contributed by atoms with Crippen LogP contribution in [0.3, 0.4) is 0 Å². The number of thiophene rings is 1. The maximum Gasteiger partial charge on any atom is 0.274 e. The SMILES string of the molecule is O=C(c1cnccn1)N1CCN(Cc2ccc3c(c2)-c2[nH]nc(-c4ccsc4)c2C3)CC1. The van der Waals surface area contributed by atoms with Crippen molar-refractivity contribution in [1.82, 2.24) is 30.0 Å². The zero-order valence-electron chi connectivity index (χ0n) is 17.5. The summed E-state index contributed by atoms with van der Waals surface area (Å²) in [6, 6.07) is 8.92. The lowest BCUT2D eigenvalue weighted by molar-refractivity contribution is 0.0622. The number of hydrogen-bond donors (Lipinski definition) is 1. The molecule has 6 rings (SSSR count). The van der Waals surface area contributed by atoms with Gasteiger partial charge in [-0.1, -0.05) is 12.1 Å². The van der Waals surface area contributed by atoms with E-state index >= 15 is 0 Å². The van der Waals surface area contributed by atoms with Gasteiger partial charge in [-0.3, -0.25) is 19.8 Å². The van der Waals surface area contributed by atoms with E-state index in [2.05, 4.69) is 60.1 Å². The van der Waals surface area contributed by atoms with Gasteiger partial charge in [0, 0.05) is 73.6 Å². The van der Waals surface area contributed by atoms with Crippen molar-refractivity contribution in [2.24, 2.45) is 0 Å². The molecule has 0 atom stereocenters. The van der Waals surface area contributed by atoms with Crippen molar-refractivity contribution in [2.75, 3.05) is 26.2 Å². The monoisotopic (exact) mass is 442 g/mol. The molecule has 1 fully saturated rings. The molecule has 1 aliphatic heterocycles. The average molecular weight is 443 g/mol. The lowest BCUT2D eigenvalue weighted by Gasteiger charge is -2.34. The minimum atomic E-state index is -0.0384. The smallest absolute Gasteiger partial charge is 0.274 e. The molecule has 7 nitrogen and oxygen atoms in total. The van der Waals surface area contributed by atoms with E-state index in [0.29, 0.717) is 18.8 Å². The van der Waals surface area contributed by atoms with Gasteiger partial charge in [0.2, 0.25) is 0 Å². The Morgan fingerprint density at radius 2 is 2.03 bits per heavy atom. The van der Waals surface area contributed by atoms with Crippen LogP contribution in [-0.2, 0) is 13.0 Å². The molecular formula is C24H22N6OS. The Bertz CT molecular complexity index is 1260. The minimum absolute atomic E-state index is 0.0384. The number of aromatic nitrogens is 4. The standard InChI is InChI=1S/C24H22N6OS/c31-24(21-13-25-4-5-26-21)30-8-6-29(7-9-30)14-16-1-2-17-12-20-22(18-3-10-32-15-18)27-28-23(20)19(17)11-16/h1-5,10-11,13,15H,6-9,12,14H2,(H,27,28). The third kappa shape index (κ3) is 3.41. The summed E-state index contributed by atoms with van der Waals surface area (Å²) in [7, 11) is 0. The third-order valence-electron chi connectivity index (χ3n) is 6.32. The van der Waals surface area contributed by atoms with E-state index in [1.807, 2.05) is 4.90 Å². The van der Waals surface area contributed by atoms with E-state index < -0.39 is 0 Å². The van der Waals surface area contributed by atoms with Gasteiger partial charge in [-0.15, -0.1) is 0 Å². The highest BCUT2D eigenvalue weighted by Gasteiger charge is 2.27. The quantitative estimate of drug-likeness (QED) is 0.461. The fraction of sp³-hybridized carbons (Fsp3) is 0.250. The molecule has 0 bridgehead atoms. The molecule has 1 amide bonds. The van der Waals surface area contributed by atoms with E-state index in [1.165, 1.54) is 34.0 Å². The van der Waals surface area contributed by atoms with Crippen LogP contribution in [0.5, 0.6) is 0 Å². The zero-order chi connectivity index (χ0) is 21.5. The molecule has 3 aromatic heterocycles. The molecule has 0 spiro atoms. The van der Waals surface area contributed by atoms with Crippen LogP contribution in [0, 0.1) is 0 Å². The first-order valence-corrected chi connectivity index (χ1v) is 11.7. The van der Waals surface area contributed by atoms with E-state index in [-0.39, 0.29) is 5.91 Å². The van der Waals surface area contributed by atoms with Gasteiger partial charge >= 0.3 is 0 Å². The van der Waals surface area contributed by atoms with Crippen LogP contribution in [0.4, 0.5) is 0 Å². The topological polar surface area (TPSA) is 78.0 Å². The molecule has 4 aromatic rings. The van der Waals surface area contributed by atoms with Crippen molar-refractivity contribution < 1.29 is 4.79 Å². The van der Waals surface area contributed by atoms with Crippen molar-refractivity contribution in [2.45, 2.75) is 13.0 Å². The Morgan fingerprint density at radius 1 is 1.12 bits per heavy atom. The number of fused-ring (bicyclic) bond motifs is 3. The Balaban J connectivity index is 1.14. The molecule has 4 heterocycles. The highest BCUT2D eigenvalue weighted by atomic mass is 32.1. The number of carbonyl (C=O) groups is 1. The lowest BCUT2D eigenvalue weighted by atomic mass is 10.0. The number of nitrogens with one attached hydrogen (secondary N) is 1. The van der Waals surface area contributed by atoms with Crippen molar-refractivity contribution >= 4 is 17.2 Å². The number of H-pyrrole nitrogens is 1. The van der Waals surface area contributed by atoms with Crippen LogP contribution >= 0.6 is 11.3 Å². The molecule has 0 saturated carbocycles.